The molecule has 88 valence electrons. The molecule has 2 N–H and O–H groups in total. The number of imidazole rings is 1. The number of aromatic nitrogens is 2. The van der Waals surface area contributed by atoms with Crippen LogP contribution in [-0.2, 0) is 6.54 Å². The largest absolute Gasteiger partial charge is 0.378 e. The maximum atomic E-state index is 10.6. The van der Waals surface area contributed by atoms with E-state index in [4.69, 9.17) is 0 Å². The van der Waals surface area contributed by atoms with Crippen molar-refractivity contribution >= 4 is 11.4 Å². The molecule has 0 amide bonds. The molecule has 6 nitrogen and oxygen atoms in total. The van der Waals surface area contributed by atoms with Gasteiger partial charge in [0, 0.05) is 30.2 Å². The molecular weight excluding hydrogens is 220 g/mol. The van der Waals surface area contributed by atoms with E-state index in [1.54, 1.807) is 24.5 Å². The summed E-state index contributed by atoms with van der Waals surface area (Å²) >= 11 is 0. The molecule has 1 aromatic heterocycles. The molecule has 0 aliphatic rings. The van der Waals surface area contributed by atoms with Crippen LogP contribution in [0.1, 0.15) is 11.4 Å². The first-order valence-electron chi connectivity index (χ1n) is 5.14. The number of hydrogen-bond acceptors (Lipinski definition) is 4. The second-order valence-electron chi connectivity index (χ2n) is 3.65. The Kier molecular flexibility index (Phi) is 3.04. The number of nitro groups is 1. The van der Waals surface area contributed by atoms with Crippen LogP contribution < -0.4 is 5.32 Å². The van der Waals surface area contributed by atoms with Crippen molar-refractivity contribution in [2.24, 2.45) is 0 Å². The van der Waals surface area contributed by atoms with E-state index in [0.717, 1.165) is 17.1 Å². The Morgan fingerprint density at radius 2 is 2.35 bits per heavy atom. The first-order chi connectivity index (χ1) is 8.16. The standard InChI is InChI=1S/C11H12N4O2/c1-8-6-9(15(16)17)2-3-10(8)14-7-11-12-4-5-13-11/h2-6,14H,7H2,1H3,(H,12,13). The number of aryl methyl sites for hydroxylation is 1. The van der Waals surface area contributed by atoms with Gasteiger partial charge in [-0.1, -0.05) is 0 Å². The molecule has 0 saturated heterocycles. The lowest BCUT2D eigenvalue weighted by Crippen LogP contribution is -2.02. The van der Waals surface area contributed by atoms with Gasteiger partial charge in [0.2, 0.25) is 0 Å². The summed E-state index contributed by atoms with van der Waals surface area (Å²) in [5.74, 6) is 0.822. The summed E-state index contributed by atoms with van der Waals surface area (Å²) in [7, 11) is 0. The maximum Gasteiger partial charge on any atom is 0.269 e. The number of rotatable bonds is 4. The Bertz CT molecular complexity index is 522. The van der Waals surface area contributed by atoms with E-state index < -0.39 is 4.92 Å². The van der Waals surface area contributed by atoms with Gasteiger partial charge in [-0.15, -0.1) is 0 Å². The van der Waals surface area contributed by atoms with E-state index in [0.29, 0.717) is 6.54 Å². The minimum absolute atomic E-state index is 0.103. The Labute approximate surface area is 97.9 Å². The maximum absolute atomic E-state index is 10.6. The Morgan fingerprint density at radius 1 is 1.53 bits per heavy atom. The van der Waals surface area contributed by atoms with Gasteiger partial charge in [0.15, 0.2) is 0 Å². The number of non-ortho nitro benzene ring substituents is 1. The van der Waals surface area contributed by atoms with Crippen molar-refractivity contribution in [3.8, 4) is 0 Å². The fraction of sp³-hybridized carbons (Fsp3) is 0.182. The zero-order valence-electron chi connectivity index (χ0n) is 9.30. The molecule has 0 saturated carbocycles. The summed E-state index contributed by atoms with van der Waals surface area (Å²) in [6.45, 7) is 2.39. The van der Waals surface area contributed by atoms with Crippen LogP contribution in [-0.4, -0.2) is 14.9 Å². The summed E-state index contributed by atoms with van der Waals surface area (Å²) in [6.07, 6.45) is 3.43. The Hall–Kier alpha value is -2.37. The molecule has 2 rings (SSSR count). The number of nitrogens with one attached hydrogen (secondary N) is 2. The lowest BCUT2D eigenvalue weighted by molar-refractivity contribution is -0.384. The van der Waals surface area contributed by atoms with Crippen molar-refractivity contribution in [2.75, 3.05) is 5.32 Å². The minimum Gasteiger partial charge on any atom is -0.378 e. The van der Waals surface area contributed by atoms with Crippen LogP contribution in [0, 0.1) is 17.0 Å². The van der Waals surface area contributed by atoms with Gasteiger partial charge in [-0.05, 0) is 18.6 Å². The summed E-state index contributed by atoms with van der Waals surface area (Å²) < 4.78 is 0. The van der Waals surface area contributed by atoms with E-state index in [2.05, 4.69) is 15.3 Å². The molecule has 1 aromatic carbocycles. The van der Waals surface area contributed by atoms with Crippen LogP contribution in [0.5, 0.6) is 0 Å². The number of nitro benzene ring substituents is 1. The van der Waals surface area contributed by atoms with E-state index in [-0.39, 0.29) is 5.69 Å². The summed E-state index contributed by atoms with van der Waals surface area (Å²) in [4.78, 5) is 17.2. The molecule has 0 unspecified atom stereocenters. The Morgan fingerprint density at radius 3 is 2.94 bits per heavy atom. The van der Waals surface area contributed by atoms with Gasteiger partial charge < -0.3 is 10.3 Å². The van der Waals surface area contributed by atoms with Gasteiger partial charge >= 0.3 is 0 Å². The van der Waals surface area contributed by atoms with Gasteiger partial charge in [0.05, 0.1) is 11.5 Å². The quantitative estimate of drug-likeness (QED) is 0.625. The lowest BCUT2D eigenvalue weighted by atomic mass is 10.2. The summed E-state index contributed by atoms with van der Waals surface area (Å²) in [6, 6.07) is 4.73. The number of aromatic amines is 1. The molecule has 0 aliphatic carbocycles. The van der Waals surface area contributed by atoms with Crippen LogP contribution in [0.25, 0.3) is 0 Å². The van der Waals surface area contributed by atoms with Crippen molar-refractivity contribution in [2.45, 2.75) is 13.5 Å². The van der Waals surface area contributed by atoms with Crippen molar-refractivity contribution in [1.82, 2.24) is 9.97 Å². The third kappa shape index (κ3) is 2.60. The van der Waals surface area contributed by atoms with Crippen molar-refractivity contribution in [3.63, 3.8) is 0 Å². The fourth-order valence-corrected chi connectivity index (χ4v) is 1.53. The van der Waals surface area contributed by atoms with E-state index in [1.807, 2.05) is 6.92 Å². The van der Waals surface area contributed by atoms with Gasteiger partial charge in [0.25, 0.3) is 5.69 Å². The number of anilines is 1. The highest BCUT2D eigenvalue weighted by molar-refractivity contribution is 5.55. The second kappa shape index (κ2) is 4.65. The zero-order valence-corrected chi connectivity index (χ0v) is 9.30. The van der Waals surface area contributed by atoms with Crippen molar-refractivity contribution in [1.29, 1.82) is 0 Å². The first-order valence-corrected chi connectivity index (χ1v) is 5.14. The molecule has 0 fully saturated rings. The van der Waals surface area contributed by atoms with Gasteiger partial charge in [-0.25, -0.2) is 4.98 Å². The van der Waals surface area contributed by atoms with E-state index >= 15 is 0 Å². The van der Waals surface area contributed by atoms with Crippen LogP contribution in [0.3, 0.4) is 0 Å². The first kappa shape index (κ1) is 11.1. The number of benzene rings is 1. The highest BCUT2D eigenvalue weighted by atomic mass is 16.6. The number of H-pyrrole nitrogens is 1. The molecular formula is C11H12N4O2. The topological polar surface area (TPSA) is 83.8 Å². The third-order valence-electron chi connectivity index (χ3n) is 2.42. The van der Waals surface area contributed by atoms with Gasteiger partial charge in [0.1, 0.15) is 5.82 Å². The molecule has 0 radical (unpaired) electrons. The predicted octanol–water partition coefficient (Wildman–Crippen LogP) is 2.24. The van der Waals surface area contributed by atoms with Gasteiger partial charge in [-0.3, -0.25) is 10.1 Å². The van der Waals surface area contributed by atoms with Crippen LogP contribution in [0.15, 0.2) is 30.6 Å². The number of hydrogen-bond donors (Lipinski definition) is 2. The summed E-state index contributed by atoms with van der Waals surface area (Å²) in [5.41, 5.74) is 1.81. The van der Waals surface area contributed by atoms with Crippen LogP contribution in [0.2, 0.25) is 0 Å². The normalized spacial score (nSPS) is 10.2. The molecule has 0 spiro atoms. The average molecular weight is 232 g/mol. The highest BCUT2D eigenvalue weighted by Crippen LogP contribution is 2.21. The molecule has 0 aliphatic heterocycles. The van der Waals surface area contributed by atoms with Crippen LogP contribution in [0.4, 0.5) is 11.4 Å². The average Bonchev–Trinajstić information content (AvgIpc) is 2.80. The third-order valence-corrected chi connectivity index (χ3v) is 2.42. The minimum atomic E-state index is -0.399. The van der Waals surface area contributed by atoms with Gasteiger partial charge in [-0.2, -0.15) is 0 Å². The van der Waals surface area contributed by atoms with Crippen molar-refractivity contribution in [3.05, 3.63) is 52.1 Å². The highest BCUT2D eigenvalue weighted by Gasteiger charge is 2.07. The predicted molar refractivity (Wildman–Crippen MR) is 63.7 cm³/mol. The fourth-order valence-electron chi connectivity index (χ4n) is 1.53. The monoisotopic (exact) mass is 232 g/mol. The zero-order chi connectivity index (χ0) is 12.3. The second-order valence-corrected chi connectivity index (χ2v) is 3.65. The Balaban J connectivity index is 2.09. The van der Waals surface area contributed by atoms with Crippen molar-refractivity contribution < 1.29 is 4.92 Å². The summed E-state index contributed by atoms with van der Waals surface area (Å²) in [5, 5.41) is 13.7. The molecule has 17 heavy (non-hydrogen) atoms. The SMILES string of the molecule is Cc1cc([N+](=O)[O-])ccc1NCc1ncc[nH]1. The van der Waals surface area contributed by atoms with E-state index in [9.17, 15) is 10.1 Å². The smallest absolute Gasteiger partial charge is 0.269 e. The lowest BCUT2D eigenvalue weighted by Gasteiger charge is -2.07. The molecule has 1 heterocycles. The molecule has 6 heteroatoms. The van der Waals surface area contributed by atoms with Crippen LogP contribution >= 0.6 is 0 Å². The molecule has 0 atom stereocenters. The molecule has 0 bridgehead atoms. The van der Waals surface area contributed by atoms with E-state index in [1.165, 1.54) is 6.07 Å². The number of nitrogens with zero attached hydrogens (tertiary/aromatic N) is 2. The molecule has 2 aromatic rings.